The summed E-state index contributed by atoms with van der Waals surface area (Å²) in [6.45, 7) is 5.35. The van der Waals surface area contributed by atoms with E-state index >= 15 is 0 Å². The van der Waals surface area contributed by atoms with Crippen LogP contribution in [0.4, 0.5) is 0 Å². The van der Waals surface area contributed by atoms with E-state index in [2.05, 4.69) is 5.32 Å². The molecule has 0 saturated heterocycles. The zero-order valence-electron chi connectivity index (χ0n) is 12.8. The van der Waals surface area contributed by atoms with Gasteiger partial charge < -0.3 is 15.5 Å². The minimum absolute atomic E-state index is 0. The Bertz CT molecular complexity index is 608. The van der Waals surface area contributed by atoms with Crippen molar-refractivity contribution in [1.29, 1.82) is 0 Å². The third kappa shape index (κ3) is 4.44. The summed E-state index contributed by atoms with van der Waals surface area (Å²) in [6.07, 6.45) is 0. The van der Waals surface area contributed by atoms with Gasteiger partial charge in [-0.25, -0.2) is 12.7 Å². The highest BCUT2D eigenvalue weighted by molar-refractivity contribution is 7.88. The first-order valence-corrected chi connectivity index (χ1v) is 7.51. The number of sulfonamides is 1. The van der Waals surface area contributed by atoms with Crippen LogP contribution in [-0.4, -0.2) is 44.8 Å². The number of furan rings is 1. The van der Waals surface area contributed by atoms with Crippen LogP contribution < -0.4 is 11.1 Å². The summed E-state index contributed by atoms with van der Waals surface area (Å²) in [5.41, 5.74) is 5.15. The van der Waals surface area contributed by atoms with Crippen molar-refractivity contribution in [2.24, 2.45) is 5.73 Å². The second-order valence-electron chi connectivity index (χ2n) is 5.36. The Morgan fingerprint density at radius 3 is 2.38 bits per heavy atom. The van der Waals surface area contributed by atoms with Crippen molar-refractivity contribution >= 4 is 28.3 Å². The smallest absolute Gasteiger partial charge is 0.275 e. The number of rotatable bonds is 5. The van der Waals surface area contributed by atoms with Gasteiger partial charge in [0.2, 0.25) is 5.09 Å². The standard InChI is InChI=1S/C12H21N3O4S.ClH/c1-8-9(11(16)14-12(2,3)7-13)6-10(19-8)20(17,18)15(4)5;/h6H,7,13H2,1-5H3,(H,14,16);1H. The van der Waals surface area contributed by atoms with Crippen molar-refractivity contribution in [3.63, 3.8) is 0 Å². The molecule has 0 aromatic carbocycles. The molecule has 0 atom stereocenters. The Morgan fingerprint density at radius 2 is 1.95 bits per heavy atom. The molecule has 1 amide bonds. The van der Waals surface area contributed by atoms with Crippen LogP contribution in [0, 0.1) is 6.92 Å². The molecular formula is C12H22ClN3O4S. The van der Waals surface area contributed by atoms with Gasteiger partial charge in [-0.1, -0.05) is 0 Å². The first kappa shape index (κ1) is 19.9. The summed E-state index contributed by atoms with van der Waals surface area (Å²) in [6, 6.07) is 1.23. The number of carbonyl (C=O) groups excluding carboxylic acids is 1. The van der Waals surface area contributed by atoms with Crippen LogP contribution in [0.5, 0.6) is 0 Å². The molecule has 21 heavy (non-hydrogen) atoms. The van der Waals surface area contributed by atoms with Gasteiger partial charge in [-0.3, -0.25) is 4.79 Å². The minimum atomic E-state index is -3.70. The molecule has 0 radical (unpaired) electrons. The largest absolute Gasteiger partial charge is 0.448 e. The van der Waals surface area contributed by atoms with Crippen LogP contribution in [0.3, 0.4) is 0 Å². The van der Waals surface area contributed by atoms with Gasteiger partial charge in [0.25, 0.3) is 15.9 Å². The molecule has 0 spiro atoms. The highest BCUT2D eigenvalue weighted by Crippen LogP contribution is 2.21. The van der Waals surface area contributed by atoms with Gasteiger partial charge in [-0.15, -0.1) is 12.4 Å². The van der Waals surface area contributed by atoms with E-state index in [1.807, 2.05) is 0 Å². The molecule has 9 heteroatoms. The third-order valence-corrected chi connectivity index (χ3v) is 4.51. The SMILES string of the molecule is Cc1oc(S(=O)(=O)N(C)C)cc1C(=O)NC(C)(C)CN.Cl. The zero-order chi connectivity index (χ0) is 15.7. The lowest BCUT2D eigenvalue weighted by Gasteiger charge is -2.23. The molecule has 0 aliphatic rings. The number of nitrogens with two attached hydrogens (primary N) is 1. The van der Waals surface area contributed by atoms with Crippen molar-refractivity contribution in [2.45, 2.75) is 31.4 Å². The van der Waals surface area contributed by atoms with Crippen molar-refractivity contribution in [3.05, 3.63) is 17.4 Å². The fourth-order valence-electron chi connectivity index (χ4n) is 1.41. The Kier molecular flexibility index (Phi) is 6.43. The van der Waals surface area contributed by atoms with Gasteiger partial charge in [-0.05, 0) is 20.8 Å². The summed E-state index contributed by atoms with van der Waals surface area (Å²) < 4.78 is 30.1. The van der Waals surface area contributed by atoms with E-state index in [-0.39, 0.29) is 35.4 Å². The van der Waals surface area contributed by atoms with E-state index < -0.39 is 21.5 Å². The minimum Gasteiger partial charge on any atom is -0.448 e. The molecule has 1 aromatic heterocycles. The number of aryl methyl sites for hydroxylation is 1. The van der Waals surface area contributed by atoms with E-state index in [0.717, 1.165) is 4.31 Å². The van der Waals surface area contributed by atoms with Crippen molar-refractivity contribution < 1.29 is 17.6 Å². The highest BCUT2D eigenvalue weighted by Gasteiger charge is 2.27. The predicted molar refractivity (Wildman–Crippen MR) is 82.2 cm³/mol. The van der Waals surface area contributed by atoms with Gasteiger partial charge >= 0.3 is 0 Å². The number of hydrogen-bond donors (Lipinski definition) is 2. The van der Waals surface area contributed by atoms with E-state index in [1.165, 1.54) is 20.2 Å². The Morgan fingerprint density at radius 1 is 1.43 bits per heavy atom. The summed E-state index contributed by atoms with van der Waals surface area (Å²) >= 11 is 0. The Balaban J connectivity index is 0.00000400. The van der Waals surface area contributed by atoms with Crippen LogP contribution in [0.15, 0.2) is 15.6 Å². The molecular weight excluding hydrogens is 318 g/mol. The molecule has 7 nitrogen and oxygen atoms in total. The number of nitrogens with zero attached hydrogens (tertiary/aromatic N) is 1. The average Bonchev–Trinajstić information content (AvgIpc) is 2.71. The first-order valence-electron chi connectivity index (χ1n) is 6.07. The molecule has 0 fully saturated rings. The Labute approximate surface area is 131 Å². The number of amides is 1. The summed E-state index contributed by atoms with van der Waals surface area (Å²) in [5, 5.41) is 2.47. The fraction of sp³-hybridized carbons (Fsp3) is 0.583. The molecule has 0 unspecified atom stereocenters. The van der Waals surface area contributed by atoms with Gasteiger partial charge in [0.1, 0.15) is 5.76 Å². The zero-order valence-corrected chi connectivity index (χ0v) is 14.4. The maximum Gasteiger partial charge on any atom is 0.275 e. The van der Waals surface area contributed by atoms with Crippen molar-refractivity contribution in [2.75, 3.05) is 20.6 Å². The highest BCUT2D eigenvalue weighted by atomic mass is 35.5. The van der Waals surface area contributed by atoms with Crippen LogP contribution in [0.1, 0.15) is 30.0 Å². The van der Waals surface area contributed by atoms with E-state index in [4.69, 9.17) is 10.2 Å². The lowest BCUT2D eigenvalue weighted by Crippen LogP contribution is -2.48. The lowest BCUT2D eigenvalue weighted by atomic mass is 10.1. The topological polar surface area (TPSA) is 106 Å². The maximum absolute atomic E-state index is 12.1. The quantitative estimate of drug-likeness (QED) is 0.822. The fourth-order valence-corrected chi connectivity index (χ4v) is 2.27. The number of carbonyl (C=O) groups is 1. The summed E-state index contributed by atoms with van der Waals surface area (Å²) in [5.74, 6) is -0.169. The molecule has 0 aliphatic heterocycles. The second-order valence-corrected chi connectivity index (χ2v) is 7.45. The van der Waals surface area contributed by atoms with Gasteiger partial charge in [0, 0.05) is 32.2 Å². The molecule has 1 aromatic rings. The number of hydrogen-bond acceptors (Lipinski definition) is 5. The van der Waals surface area contributed by atoms with Gasteiger partial charge in [0.15, 0.2) is 0 Å². The molecule has 0 saturated carbocycles. The van der Waals surface area contributed by atoms with Crippen LogP contribution in [-0.2, 0) is 10.0 Å². The van der Waals surface area contributed by atoms with Crippen molar-refractivity contribution in [3.8, 4) is 0 Å². The number of nitrogens with one attached hydrogen (secondary N) is 1. The van der Waals surface area contributed by atoms with E-state index in [1.54, 1.807) is 20.8 Å². The maximum atomic E-state index is 12.1. The van der Waals surface area contributed by atoms with Crippen LogP contribution in [0.2, 0.25) is 0 Å². The van der Waals surface area contributed by atoms with Gasteiger partial charge in [-0.2, -0.15) is 0 Å². The normalized spacial score (nSPS) is 12.1. The molecule has 0 aliphatic carbocycles. The Hall–Kier alpha value is -1.09. The average molecular weight is 340 g/mol. The van der Waals surface area contributed by atoms with E-state index in [9.17, 15) is 13.2 Å². The second kappa shape index (κ2) is 6.78. The van der Waals surface area contributed by atoms with E-state index in [0.29, 0.717) is 0 Å². The molecule has 1 rings (SSSR count). The molecule has 0 bridgehead atoms. The molecule has 3 N–H and O–H groups in total. The monoisotopic (exact) mass is 339 g/mol. The predicted octanol–water partition coefficient (Wildman–Crippen LogP) is 0.727. The lowest BCUT2D eigenvalue weighted by molar-refractivity contribution is 0.0914. The summed E-state index contributed by atoms with van der Waals surface area (Å²) in [4.78, 5) is 12.1. The third-order valence-electron chi connectivity index (χ3n) is 2.84. The van der Waals surface area contributed by atoms with Crippen LogP contribution >= 0.6 is 12.4 Å². The molecule has 122 valence electrons. The number of halogens is 1. The first-order chi connectivity index (χ1) is 9.01. The summed E-state index contributed by atoms with van der Waals surface area (Å²) in [7, 11) is -0.913. The molecule has 1 heterocycles. The van der Waals surface area contributed by atoms with Crippen LogP contribution in [0.25, 0.3) is 0 Å². The van der Waals surface area contributed by atoms with Gasteiger partial charge in [0.05, 0.1) is 5.56 Å². The van der Waals surface area contributed by atoms with Crippen molar-refractivity contribution in [1.82, 2.24) is 9.62 Å².